The van der Waals surface area contributed by atoms with Gasteiger partial charge in [-0.2, -0.15) is 0 Å². The molecule has 1 heterocycles. The number of benzene rings is 3. The van der Waals surface area contributed by atoms with Crippen LogP contribution in [0.15, 0.2) is 91.0 Å². The first-order valence-electron chi connectivity index (χ1n) is 11.1. The molecule has 0 amide bonds. The molecule has 0 saturated carbocycles. The van der Waals surface area contributed by atoms with Crippen LogP contribution in [0.1, 0.15) is 16.7 Å². The van der Waals surface area contributed by atoms with Crippen LogP contribution < -0.4 is 0 Å². The summed E-state index contributed by atoms with van der Waals surface area (Å²) in [5, 5.41) is 10.6. The molecule has 33 heavy (non-hydrogen) atoms. The minimum atomic E-state index is -0.965. The van der Waals surface area contributed by atoms with Crippen LogP contribution in [-0.2, 0) is 38.8 Å². The zero-order valence-corrected chi connectivity index (χ0v) is 20.5. The molecule has 4 rings (SSSR count). The number of alkyl halides is 1. The Labute approximate surface area is 208 Å². The highest BCUT2D eigenvalue weighted by Crippen LogP contribution is 2.31. The zero-order valence-electron chi connectivity index (χ0n) is 18.3. The lowest BCUT2D eigenvalue weighted by molar-refractivity contribution is -0.258. The molecule has 0 bridgehead atoms. The smallest absolute Gasteiger partial charge is 0.169 e. The fourth-order valence-corrected chi connectivity index (χ4v) is 4.60. The Morgan fingerprint density at radius 2 is 1.12 bits per heavy atom. The van der Waals surface area contributed by atoms with Crippen molar-refractivity contribution in [1.29, 1.82) is 0 Å². The van der Waals surface area contributed by atoms with E-state index < -0.39 is 18.5 Å². The van der Waals surface area contributed by atoms with Gasteiger partial charge in [0.1, 0.15) is 18.3 Å². The number of ether oxygens (including phenoxy) is 4. The van der Waals surface area contributed by atoms with E-state index >= 15 is 0 Å². The van der Waals surface area contributed by atoms with Gasteiger partial charge in [-0.15, -0.1) is 0 Å². The van der Waals surface area contributed by atoms with Gasteiger partial charge in [-0.25, -0.2) is 0 Å². The Bertz CT molecular complexity index is 941. The summed E-state index contributed by atoms with van der Waals surface area (Å²) >= 11 is 2.19. The van der Waals surface area contributed by atoms with Gasteiger partial charge in [-0.05, 0) is 16.7 Å². The molecule has 1 fully saturated rings. The number of hydrogen-bond acceptors (Lipinski definition) is 5. The monoisotopic (exact) mass is 560 g/mol. The topological polar surface area (TPSA) is 57.2 Å². The summed E-state index contributed by atoms with van der Waals surface area (Å²) in [5.74, 6) is 0. The van der Waals surface area contributed by atoms with Gasteiger partial charge in [0, 0.05) is 0 Å². The highest BCUT2D eigenvalue weighted by atomic mass is 127. The molecule has 5 atom stereocenters. The summed E-state index contributed by atoms with van der Waals surface area (Å²) in [4.78, 5) is 0. The third-order valence-corrected chi connectivity index (χ3v) is 6.88. The first-order valence-corrected chi connectivity index (χ1v) is 12.4. The van der Waals surface area contributed by atoms with E-state index in [-0.39, 0.29) is 10.0 Å². The Morgan fingerprint density at radius 3 is 1.64 bits per heavy atom. The third-order valence-electron chi connectivity index (χ3n) is 5.55. The van der Waals surface area contributed by atoms with Crippen LogP contribution in [0.2, 0.25) is 0 Å². The van der Waals surface area contributed by atoms with Crippen LogP contribution >= 0.6 is 22.6 Å². The van der Waals surface area contributed by atoms with Crippen LogP contribution in [-0.4, -0.2) is 40.2 Å². The molecule has 3 aromatic rings. The van der Waals surface area contributed by atoms with E-state index in [0.717, 1.165) is 16.7 Å². The Kier molecular flexibility index (Phi) is 9.28. The van der Waals surface area contributed by atoms with E-state index in [2.05, 4.69) is 22.6 Å². The van der Waals surface area contributed by atoms with Crippen molar-refractivity contribution >= 4 is 22.6 Å². The van der Waals surface area contributed by atoms with Crippen molar-refractivity contribution in [2.45, 2.75) is 48.3 Å². The quantitative estimate of drug-likeness (QED) is 0.283. The molecule has 0 radical (unpaired) electrons. The Hall–Kier alpha value is -1.81. The standard InChI is InChI=1S/C27H29IO5/c28-24-26(32-18-22-14-8-3-9-15-22)25(31-17-21-12-6-2-7-13-21)23(33-27(24)29)19-30-16-20-10-4-1-5-11-20/h1-15,23-27,29H,16-19H2/t23-,24-,25+,26-,27-/m1/s1. The maximum Gasteiger partial charge on any atom is 0.169 e. The van der Waals surface area contributed by atoms with Crippen LogP contribution in [0.5, 0.6) is 0 Å². The van der Waals surface area contributed by atoms with Gasteiger partial charge in [0.15, 0.2) is 6.29 Å². The van der Waals surface area contributed by atoms with Gasteiger partial charge >= 0.3 is 0 Å². The minimum Gasteiger partial charge on any atom is -0.374 e. The predicted octanol–water partition coefficient (Wildman–Crippen LogP) is 4.89. The number of rotatable bonds is 10. The molecule has 0 aromatic heterocycles. The summed E-state index contributed by atoms with van der Waals surface area (Å²) in [6.07, 6.45) is -2.17. The van der Waals surface area contributed by atoms with Crippen molar-refractivity contribution in [1.82, 2.24) is 0 Å². The maximum atomic E-state index is 10.6. The lowest BCUT2D eigenvalue weighted by atomic mass is 10.0. The second-order valence-corrected chi connectivity index (χ2v) is 9.47. The van der Waals surface area contributed by atoms with Gasteiger partial charge in [0.2, 0.25) is 0 Å². The third kappa shape index (κ3) is 7.09. The molecule has 3 aromatic carbocycles. The SMILES string of the molecule is O[C@@H]1O[C@H](COCc2ccccc2)[C@H](OCc2ccccc2)[C@H](OCc2ccccc2)[C@H]1I. The molecular weight excluding hydrogens is 531 g/mol. The van der Waals surface area contributed by atoms with E-state index in [1.165, 1.54) is 0 Å². The van der Waals surface area contributed by atoms with Crippen LogP contribution in [0.3, 0.4) is 0 Å². The number of aliphatic hydroxyl groups is 1. The maximum absolute atomic E-state index is 10.6. The lowest BCUT2D eigenvalue weighted by Gasteiger charge is -2.42. The molecule has 1 aliphatic rings. The van der Waals surface area contributed by atoms with Gasteiger partial charge in [0.25, 0.3) is 0 Å². The molecule has 6 heteroatoms. The van der Waals surface area contributed by atoms with Gasteiger partial charge in [-0.1, -0.05) is 114 Å². The van der Waals surface area contributed by atoms with Gasteiger partial charge < -0.3 is 24.1 Å². The molecule has 174 valence electrons. The second-order valence-electron chi connectivity index (χ2n) is 8.03. The van der Waals surface area contributed by atoms with Crippen molar-refractivity contribution in [2.24, 2.45) is 0 Å². The largest absolute Gasteiger partial charge is 0.374 e. The van der Waals surface area contributed by atoms with Crippen molar-refractivity contribution < 1.29 is 24.1 Å². The minimum absolute atomic E-state index is 0.280. The highest BCUT2D eigenvalue weighted by Gasteiger charge is 2.46. The Morgan fingerprint density at radius 1 is 0.667 bits per heavy atom. The summed E-state index contributed by atoms with van der Waals surface area (Å²) in [7, 11) is 0. The summed E-state index contributed by atoms with van der Waals surface area (Å²) in [6, 6.07) is 30.0. The van der Waals surface area contributed by atoms with E-state index in [1.807, 2.05) is 91.0 Å². The lowest BCUT2D eigenvalue weighted by Crippen LogP contribution is -2.58. The second kappa shape index (κ2) is 12.6. The van der Waals surface area contributed by atoms with Crippen molar-refractivity contribution in [3.8, 4) is 0 Å². The van der Waals surface area contributed by atoms with Gasteiger partial charge in [-0.3, -0.25) is 0 Å². The number of halogens is 1. The normalized spacial score (nSPS) is 25.1. The van der Waals surface area contributed by atoms with E-state index in [0.29, 0.717) is 26.4 Å². The average Bonchev–Trinajstić information content (AvgIpc) is 2.86. The highest BCUT2D eigenvalue weighted by molar-refractivity contribution is 14.1. The van der Waals surface area contributed by atoms with Crippen molar-refractivity contribution in [2.75, 3.05) is 6.61 Å². The van der Waals surface area contributed by atoms with Gasteiger partial charge in [0.05, 0.1) is 30.4 Å². The molecule has 0 unspecified atom stereocenters. The van der Waals surface area contributed by atoms with E-state index in [9.17, 15) is 5.11 Å². The molecule has 5 nitrogen and oxygen atoms in total. The summed E-state index contributed by atoms with van der Waals surface area (Å²) in [5.41, 5.74) is 3.22. The number of aliphatic hydroxyl groups excluding tert-OH is 1. The van der Waals surface area contributed by atoms with Crippen LogP contribution in [0, 0.1) is 0 Å². The van der Waals surface area contributed by atoms with Crippen molar-refractivity contribution in [3.05, 3.63) is 108 Å². The first kappa shape index (κ1) is 24.3. The fourth-order valence-electron chi connectivity index (χ4n) is 3.81. The van der Waals surface area contributed by atoms with Crippen LogP contribution in [0.4, 0.5) is 0 Å². The summed E-state index contributed by atoms with van der Waals surface area (Å²) in [6.45, 7) is 1.61. The number of hydrogen-bond donors (Lipinski definition) is 1. The molecule has 0 spiro atoms. The first-order chi connectivity index (χ1) is 16.2. The zero-order chi connectivity index (χ0) is 22.9. The Balaban J connectivity index is 1.46. The van der Waals surface area contributed by atoms with E-state index in [1.54, 1.807) is 0 Å². The molecule has 1 aliphatic heterocycles. The van der Waals surface area contributed by atoms with Crippen molar-refractivity contribution in [3.63, 3.8) is 0 Å². The predicted molar refractivity (Wildman–Crippen MR) is 135 cm³/mol. The van der Waals surface area contributed by atoms with Crippen LogP contribution in [0.25, 0.3) is 0 Å². The average molecular weight is 560 g/mol. The summed E-state index contributed by atoms with van der Waals surface area (Å²) < 4.78 is 24.3. The molecule has 1 saturated heterocycles. The molecule has 0 aliphatic carbocycles. The molecular formula is C27H29IO5. The van der Waals surface area contributed by atoms with E-state index in [4.69, 9.17) is 18.9 Å². The molecule has 1 N–H and O–H groups in total. The fraction of sp³-hybridized carbons (Fsp3) is 0.333.